The summed E-state index contributed by atoms with van der Waals surface area (Å²) in [5.41, 5.74) is 0.222. The van der Waals surface area contributed by atoms with E-state index in [1.165, 1.54) is 47.6 Å². The summed E-state index contributed by atoms with van der Waals surface area (Å²) < 4.78 is 9.94. The molecule has 0 aliphatic heterocycles. The minimum atomic E-state index is -0.553. The van der Waals surface area contributed by atoms with Crippen molar-refractivity contribution in [3.8, 4) is 0 Å². The maximum absolute atomic E-state index is 12.8. The Bertz CT molecular complexity index is 823. The monoisotopic (exact) mass is 393 g/mol. The lowest BCUT2D eigenvalue weighted by atomic mass is 10.1. The Morgan fingerprint density at radius 3 is 2.81 bits per heavy atom. The number of nitro groups is 1. The summed E-state index contributed by atoms with van der Waals surface area (Å²) in [6.45, 7) is 2.66. The van der Waals surface area contributed by atoms with Crippen molar-refractivity contribution in [3.05, 3.63) is 56.0 Å². The number of methoxy groups -OCH3 is 1. The van der Waals surface area contributed by atoms with Gasteiger partial charge >= 0.3 is 5.97 Å². The van der Waals surface area contributed by atoms with Crippen molar-refractivity contribution in [2.24, 2.45) is 0 Å². The lowest BCUT2D eigenvalue weighted by Gasteiger charge is -2.21. The summed E-state index contributed by atoms with van der Waals surface area (Å²) >= 11 is 1.23. The molecule has 27 heavy (non-hydrogen) atoms. The van der Waals surface area contributed by atoms with E-state index in [9.17, 15) is 19.7 Å². The Kier molecular flexibility index (Phi) is 7.38. The Morgan fingerprint density at radius 1 is 1.37 bits per heavy atom. The lowest BCUT2D eigenvalue weighted by Crippen LogP contribution is -2.33. The fraction of sp³-hybridized carbons (Fsp3) is 0.353. The summed E-state index contributed by atoms with van der Waals surface area (Å²) in [7, 11) is 1.51. The van der Waals surface area contributed by atoms with E-state index in [-0.39, 0.29) is 49.2 Å². The van der Waals surface area contributed by atoms with Gasteiger partial charge in [-0.25, -0.2) is 9.78 Å². The average Bonchev–Trinajstić information content (AvgIpc) is 3.13. The van der Waals surface area contributed by atoms with Gasteiger partial charge in [-0.1, -0.05) is 6.07 Å². The second kappa shape index (κ2) is 9.74. The molecule has 0 bridgehead atoms. The van der Waals surface area contributed by atoms with Gasteiger partial charge in [0.15, 0.2) is 5.69 Å². The molecule has 0 atom stereocenters. The molecule has 0 fully saturated rings. The van der Waals surface area contributed by atoms with Gasteiger partial charge in [-0.2, -0.15) is 0 Å². The van der Waals surface area contributed by atoms with E-state index in [2.05, 4.69) is 4.98 Å². The Hall–Kier alpha value is -2.85. The van der Waals surface area contributed by atoms with Crippen LogP contribution in [-0.2, 0) is 16.0 Å². The molecule has 2 aromatic rings. The van der Waals surface area contributed by atoms with E-state index in [0.29, 0.717) is 5.01 Å². The van der Waals surface area contributed by atoms with Gasteiger partial charge in [0.25, 0.3) is 11.6 Å². The molecule has 1 aromatic carbocycles. The molecule has 0 spiro atoms. The predicted molar refractivity (Wildman–Crippen MR) is 97.8 cm³/mol. The van der Waals surface area contributed by atoms with Gasteiger partial charge in [0.1, 0.15) is 5.01 Å². The van der Waals surface area contributed by atoms with Crippen LogP contribution in [0.2, 0.25) is 0 Å². The number of carbonyl (C=O) groups is 2. The zero-order valence-electron chi connectivity index (χ0n) is 14.9. The maximum Gasteiger partial charge on any atom is 0.357 e. The van der Waals surface area contributed by atoms with Gasteiger partial charge in [-0.15, -0.1) is 11.3 Å². The third kappa shape index (κ3) is 5.56. The van der Waals surface area contributed by atoms with Crippen molar-refractivity contribution in [1.29, 1.82) is 0 Å². The summed E-state index contributed by atoms with van der Waals surface area (Å²) in [4.78, 5) is 40.6. The number of benzene rings is 1. The summed E-state index contributed by atoms with van der Waals surface area (Å²) in [6.07, 6.45) is 0. The lowest BCUT2D eigenvalue weighted by molar-refractivity contribution is -0.384. The van der Waals surface area contributed by atoms with E-state index < -0.39 is 10.9 Å². The number of non-ortho nitro benzene ring substituents is 1. The molecule has 0 N–H and O–H groups in total. The van der Waals surface area contributed by atoms with Gasteiger partial charge in [0, 0.05) is 36.7 Å². The largest absolute Gasteiger partial charge is 0.461 e. The van der Waals surface area contributed by atoms with E-state index in [4.69, 9.17) is 9.47 Å². The number of nitro benzene ring substituents is 1. The number of rotatable bonds is 9. The standard InChI is InChI=1S/C17H19N3O6S/c1-3-26-17(22)14-11-27-15(18-14)10-19(7-8-25-2)16(21)12-5-4-6-13(9-12)20(23)24/h4-6,9,11H,3,7-8,10H2,1-2H3. The molecule has 2 rings (SSSR count). The number of nitrogens with zero attached hydrogens (tertiary/aromatic N) is 3. The third-order valence-electron chi connectivity index (χ3n) is 3.52. The first-order valence-electron chi connectivity index (χ1n) is 8.10. The number of carbonyl (C=O) groups excluding carboxylic acids is 2. The van der Waals surface area contributed by atoms with Crippen LogP contribution in [-0.4, -0.2) is 53.6 Å². The quantitative estimate of drug-likeness (QED) is 0.365. The fourth-order valence-corrected chi connectivity index (χ4v) is 3.01. The molecule has 0 aliphatic rings. The highest BCUT2D eigenvalue weighted by molar-refractivity contribution is 7.09. The average molecular weight is 393 g/mol. The van der Waals surface area contributed by atoms with Crippen LogP contribution in [0.25, 0.3) is 0 Å². The van der Waals surface area contributed by atoms with E-state index >= 15 is 0 Å². The molecule has 1 heterocycles. The summed E-state index contributed by atoms with van der Waals surface area (Å²) in [5.74, 6) is -0.905. The van der Waals surface area contributed by atoms with Crippen molar-refractivity contribution in [3.63, 3.8) is 0 Å². The first kappa shape index (κ1) is 20.5. The van der Waals surface area contributed by atoms with E-state index in [1.54, 1.807) is 12.3 Å². The van der Waals surface area contributed by atoms with Crippen LogP contribution < -0.4 is 0 Å². The van der Waals surface area contributed by atoms with Crippen molar-refractivity contribution >= 4 is 28.9 Å². The van der Waals surface area contributed by atoms with Crippen LogP contribution >= 0.6 is 11.3 Å². The Morgan fingerprint density at radius 2 is 2.15 bits per heavy atom. The highest BCUT2D eigenvalue weighted by atomic mass is 32.1. The van der Waals surface area contributed by atoms with Crippen LogP contribution in [0.5, 0.6) is 0 Å². The molecule has 9 nitrogen and oxygen atoms in total. The number of hydrogen-bond donors (Lipinski definition) is 0. The van der Waals surface area contributed by atoms with Gasteiger partial charge in [0.2, 0.25) is 0 Å². The highest BCUT2D eigenvalue weighted by Crippen LogP contribution is 2.18. The minimum Gasteiger partial charge on any atom is -0.461 e. The first-order chi connectivity index (χ1) is 13.0. The van der Waals surface area contributed by atoms with E-state index in [0.717, 1.165) is 0 Å². The van der Waals surface area contributed by atoms with Crippen molar-refractivity contribution < 1.29 is 24.0 Å². The topological polar surface area (TPSA) is 112 Å². The second-order valence-corrected chi connectivity index (χ2v) is 6.32. The number of hydrogen-bond acceptors (Lipinski definition) is 8. The minimum absolute atomic E-state index is 0.148. The normalized spacial score (nSPS) is 10.4. The molecule has 0 aliphatic carbocycles. The number of aromatic nitrogens is 1. The van der Waals surface area contributed by atoms with Crippen LogP contribution in [0.15, 0.2) is 29.6 Å². The highest BCUT2D eigenvalue weighted by Gasteiger charge is 2.20. The SMILES string of the molecule is CCOC(=O)c1csc(CN(CCOC)C(=O)c2cccc([N+](=O)[O-])c2)n1. The number of thiazole rings is 1. The first-order valence-corrected chi connectivity index (χ1v) is 8.98. The molecule has 0 unspecified atom stereocenters. The van der Waals surface area contributed by atoms with Crippen molar-refractivity contribution in [2.45, 2.75) is 13.5 Å². The maximum atomic E-state index is 12.8. The zero-order chi connectivity index (χ0) is 19.8. The summed E-state index contributed by atoms with van der Waals surface area (Å²) in [6, 6.07) is 5.53. The van der Waals surface area contributed by atoms with Gasteiger partial charge in [-0.3, -0.25) is 14.9 Å². The molecule has 0 radical (unpaired) electrons. The van der Waals surface area contributed by atoms with Crippen LogP contribution in [0, 0.1) is 10.1 Å². The Labute approximate surface area is 159 Å². The Balaban J connectivity index is 2.19. The fourth-order valence-electron chi connectivity index (χ4n) is 2.23. The smallest absolute Gasteiger partial charge is 0.357 e. The van der Waals surface area contributed by atoms with Gasteiger partial charge in [0.05, 0.1) is 24.7 Å². The van der Waals surface area contributed by atoms with Crippen molar-refractivity contribution in [1.82, 2.24) is 9.88 Å². The molecule has 1 aromatic heterocycles. The number of esters is 1. The number of ether oxygens (including phenoxy) is 2. The number of amides is 1. The third-order valence-corrected chi connectivity index (χ3v) is 4.35. The zero-order valence-corrected chi connectivity index (χ0v) is 15.7. The predicted octanol–water partition coefficient (Wildman–Crippen LogP) is 2.52. The molecular formula is C17H19N3O6S. The van der Waals surface area contributed by atoms with Crippen LogP contribution in [0.4, 0.5) is 5.69 Å². The molecule has 0 saturated heterocycles. The summed E-state index contributed by atoms with van der Waals surface area (Å²) in [5, 5.41) is 13.1. The van der Waals surface area contributed by atoms with Gasteiger partial charge < -0.3 is 14.4 Å². The van der Waals surface area contributed by atoms with Crippen LogP contribution in [0.3, 0.4) is 0 Å². The molecule has 144 valence electrons. The van der Waals surface area contributed by atoms with Crippen LogP contribution in [0.1, 0.15) is 32.8 Å². The van der Waals surface area contributed by atoms with Crippen molar-refractivity contribution in [2.75, 3.05) is 26.9 Å². The van der Waals surface area contributed by atoms with Gasteiger partial charge in [-0.05, 0) is 13.0 Å². The van der Waals surface area contributed by atoms with E-state index in [1.807, 2.05) is 0 Å². The molecule has 1 amide bonds. The molecule has 0 saturated carbocycles. The second-order valence-electron chi connectivity index (χ2n) is 5.37. The molecular weight excluding hydrogens is 374 g/mol. The molecule has 10 heteroatoms.